The van der Waals surface area contributed by atoms with Crippen LogP contribution in [0.2, 0.25) is 0 Å². The van der Waals surface area contributed by atoms with E-state index in [0.717, 1.165) is 5.69 Å². The summed E-state index contributed by atoms with van der Waals surface area (Å²) in [6.07, 6.45) is 6.90. The van der Waals surface area contributed by atoms with E-state index in [4.69, 9.17) is 4.42 Å². The zero-order valence-corrected chi connectivity index (χ0v) is 12.6. The van der Waals surface area contributed by atoms with Gasteiger partial charge >= 0.3 is 0 Å². The first-order valence-corrected chi connectivity index (χ1v) is 7.36. The molecule has 3 heterocycles. The molecule has 0 saturated carbocycles. The Balaban J connectivity index is 1.44. The number of aromatic nitrogens is 4. The summed E-state index contributed by atoms with van der Waals surface area (Å²) < 4.78 is 7.39. The molecule has 0 atom stereocenters. The monoisotopic (exact) mass is 319 g/mol. The van der Waals surface area contributed by atoms with Crippen molar-refractivity contribution in [2.45, 2.75) is 6.54 Å². The fraction of sp³-hybridized carbons (Fsp3) is 0.0588. The molecule has 0 aliphatic carbocycles. The number of nitrogens with one attached hydrogen (secondary N) is 1. The average molecular weight is 319 g/mol. The molecule has 24 heavy (non-hydrogen) atoms. The summed E-state index contributed by atoms with van der Waals surface area (Å²) in [6, 6.07) is 10.8. The van der Waals surface area contributed by atoms with Crippen molar-refractivity contribution >= 4 is 17.1 Å². The second-order valence-electron chi connectivity index (χ2n) is 5.13. The number of pyridine rings is 1. The lowest BCUT2D eigenvalue weighted by molar-refractivity contribution is 0.0947. The standard InChI is InChI=1S/C17H13N5O2/c23-17(12-3-5-13(6-4-12)22-9-8-18-11-22)20-10-15-21-16-14(24-15)2-1-7-19-16/h1-9,11H,10H2,(H,20,23). The summed E-state index contributed by atoms with van der Waals surface area (Å²) in [5.41, 5.74) is 2.64. The topological polar surface area (TPSA) is 85.8 Å². The third kappa shape index (κ3) is 2.74. The number of hydrogen-bond donors (Lipinski definition) is 1. The van der Waals surface area contributed by atoms with E-state index in [0.29, 0.717) is 22.7 Å². The molecule has 7 heteroatoms. The molecule has 7 nitrogen and oxygen atoms in total. The van der Waals surface area contributed by atoms with Crippen LogP contribution in [-0.2, 0) is 6.54 Å². The van der Waals surface area contributed by atoms with Crippen LogP contribution in [-0.4, -0.2) is 25.4 Å². The summed E-state index contributed by atoms with van der Waals surface area (Å²) in [6.45, 7) is 0.207. The van der Waals surface area contributed by atoms with Gasteiger partial charge in [-0.3, -0.25) is 4.79 Å². The Morgan fingerprint density at radius 1 is 1.17 bits per heavy atom. The number of carbonyl (C=O) groups is 1. The van der Waals surface area contributed by atoms with Crippen molar-refractivity contribution in [1.29, 1.82) is 0 Å². The average Bonchev–Trinajstić information content (AvgIpc) is 3.29. The van der Waals surface area contributed by atoms with Gasteiger partial charge in [0.1, 0.15) is 0 Å². The first-order valence-electron chi connectivity index (χ1n) is 7.36. The van der Waals surface area contributed by atoms with Crippen LogP contribution in [0.5, 0.6) is 0 Å². The summed E-state index contributed by atoms with van der Waals surface area (Å²) in [4.78, 5) is 24.5. The second-order valence-corrected chi connectivity index (χ2v) is 5.13. The zero-order valence-electron chi connectivity index (χ0n) is 12.6. The van der Waals surface area contributed by atoms with E-state index in [1.165, 1.54) is 0 Å². The molecule has 0 aliphatic heterocycles. The smallest absolute Gasteiger partial charge is 0.251 e. The van der Waals surface area contributed by atoms with Crippen LogP contribution >= 0.6 is 0 Å². The van der Waals surface area contributed by atoms with Crippen molar-refractivity contribution in [3.63, 3.8) is 0 Å². The highest BCUT2D eigenvalue weighted by atomic mass is 16.3. The number of benzene rings is 1. The number of oxazole rings is 1. The van der Waals surface area contributed by atoms with Gasteiger partial charge in [0.25, 0.3) is 5.91 Å². The predicted molar refractivity (Wildman–Crippen MR) is 86.5 cm³/mol. The third-order valence-corrected chi connectivity index (χ3v) is 3.54. The number of amides is 1. The van der Waals surface area contributed by atoms with Gasteiger partial charge in [-0.15, -0.1) is 0 Å². The maximum absolute atomic E-state index is 12.2. The highest BCUT2D eigenvalue weighted by Crippen LogP contribution is 2.13. The van der Waals surface area contributed by atoms with Crippen LogP contribution in [0.3, 0.4) is 0 Å². The fourth-order valence-electron chi connectivity index (χ4n) is 2.34. The Morgan fingerprint density at radius 3 is 2.79 bits per heavy atom. The summed E-state index contributed by atoms with van der Waals surface area (Å²) in [5, 5.41) is 2.79. The first kappa shape index (κ1) is 14.1. The quantitative estimate of drug-likeness (QED) is 0.624. The fourth-order valence-corrected chi connectivity index (χ4v) is 2.34. The lowest BCUT2D eigenvalue weighted by atomic mass is 10.2. The molecule has 0 radical (unpaired) electrons. The lowest BCUT2D eigenvalue weighted by Crippen LogP contribution is -2.22. The molecule has 0 bridgehead atoms. The van der Waals surface area contributed by atoms with Crippen LogP contribution in [0.1, 0.15) is 16.2 Å². The number of imidazole rings is 1. The molecule has 4 aromatic rings. The van der Waals surface area contributed by atoms with Gasteiger partial charge in [0, 0.05) is 29.8 Å². The van der Waals surface area contributed by atoms with E-state index in [1.807, 2.05) is 22.9 Å². The minimum absolute atomic E-state index is 0.192. The molecule has 0 unspecified atom stereocenters. The van der Waals surface area contributed by atoms with Crippen LogP contribution in [0.4, 0.5) is 0 Å². The zero-order chi connectivity index (χ0) is 16.4. The lowest BCUT2D eigenvalue weighted by Gasteiger charge is -2.05. The maximum atomic E-state index is 12.2. The summed E-state index contributed by atoms with van der Waals surface area (Å²) in [7, 11) is 0. The van der Waals surface area contributed by atoms with E-state index in [9.17, 15) is 4.79 Å². The van der Waals surface area contributed by atoms with Gasteiger partial charge < -0.3 is 14.3 Å². The predicted octanol–water partition coefficient (Wildman–Crippen LogP) is 2.34. The highest BCUT2D eigenvalue weighted by Gasteiger charge is 2.09. The van der Waals surface area contributed by atoms with Crippen LogP contribution in [0, 0.1) is 0 Å². The Bertz CT molecular complexity index is 941. The maximum Gasteiger partial charge on any atom is 0.251 e. The highest BCUT2D eigenvalue weighted by molar-refractivity contribution is 5.94. The largest absolute Gasteiger partial charge is 0.437 e. The van der Waals surface area contributed by atoms with E-state index in [-0.39, 0.29) is 12.5 Å². The molecule has 1 N–H and O–H groups in total. The molecule has 118 valence electrons. The normalized spacial score (nSPS) is 10.8. The number of hydrogen-bond acceptors (Lipinski definition) is 5. The number of carbonyl (C=O) groups excluding carboxylic acids is 1. The van der Waals surface area contributed by atoms with E-state index in [2.05, 4.69) is 20.3 Å². The molecular weight excluding hydrogens is 306 g/mol. The Morgan fingerprint density at radius 2 is 2.04 bits per heavy atom. The third-order valence-electron chi connectivity index (χ3n) is 3.54. The molecule has 0 spiro atoms. The molecule has 0 aliphatic rings. The molecule has 3 aromatic heterocycles. The minimum atomic E-state index is -0.192. The minimum Gasteiger partial charge on any atom is -0.437 e. The number of nitrogens with zero attached hydrogens (tertiary/aromatic N) is 4. The van der Waals surface area contributed by atoms with E-state index < -0.39 is 0 Å². The van der Waals surface area contributed by atoms with Crippen molar-refractivity contribution in [2.24, 2.45) is 0 Å². The van der Waals surface area contributed by atoms with E-state index in [1.54, 1.807) is 43.0 Å². The van der Waals surface area contributed by atoms with Crippen LogP contribution < -0.4 is 5.32 Å². The second kappa shape index (κ2) is 5.96. The van der Waals surface area contributed by atoms with Gasteiger partial charge in [-0.1, -0.05) is 0 Å². The van der Waals surface area contributed by atoms with E-state index >= 15 is 0 Å². The van der Waals surface area contributed by atoms with Gasteiger partial charge in [-0.25, -0.2) is 9.97 Å². The summed E-state index contributed by atoms with van der Waals surface area (Å²) >= 11 is 0. The van der Waals surface area contributed by atoms with Crippen molar-refractivity contribution < 1.29 is 9.21 Å². The molecule has 4 rings (SSSR count). The SMILES string of the molecule is O=C(NCc1nc2ncccc2o1)c1ccc(-n2ccnc2)cc1. The summed E-state index contributed by atoms with van der Waals surface area (Å²) in [5.74, 6) is 0.231. The molecule has 0 saturated heterocycles. The Kier molecular flexibility index (Phi) is 3.51. The Hall–Kier alpha value is -3.48. The molecule has 1 amide bonds. The Labute approximate surface area is 137 Å². The molecule has 1 aromatic carbocycles. The van der Waals surface area contributed by atoms with Crippen molar-refractivity contribution in [3.8, 4) is 5.69 Å². The van der Waals surface area contributed by atoms with Gasteiger partial charge in [0.15, 0.2) is 11.2 Å². The van der Waals surface area contributed by atoms with Gasteiger partial charge in [0.2, 0.25) is 5.89 Å². The first-order chi connectivity index (χ1) is 11.8. The molecular formula is C17H13N5O2. The van der Waals surface area contributed by atoms with Crippen LogP contribution in [0.25, 0.3) is 16.9 Å². The van der Waals surface area contributed by atoms with Crippen molar-refractivity contribution in [1.82, 2.24) is 24.8 Å². The molecule has 0 fully saturated rings. The van der Waals surface area contributed by atoms with Gasteiger partial charge in [0.05, 0.1) is 12.9 Å². The van der Waals surface area contributed by atoms with Gasteiger partial charge in [-0.2, -0.15) is 4.98 Å². The number of fused-ring (bicyclic) bond motifs is 1. The van der Waals surface area contributed by atoms with Gasteiger partial charge in [-0.05, 0) is 36.4 Å². The van der Waals surface area contributed by atoms with Crippen LogP contribution in [0.15, 0.2) is 65.7 Å². The van der Waals surface area contributed by atoms with Crippen molar-refractivity contribution in [2.75, 3.05) is 0 Å². The van der Waals surface area contributed by atoms with Crippen molar-refractivity contribution in [3.05, 3.63) is 72.8 Å². The number of rotatable bonds is 4.